The fraction of sp³-hybridized carbons (Fsp3) is 0.257. The third-order valence-corrected chi connectivity index (χ3v) is 8.61. The number of carbonyl (C=O) groups excluding carboxylic acids is 2. The van der Waals surface area contributed by atoms with E-state index >= 15 is 0 Å². The normalized spacial score (nSPS) is 11.8. The Hall–Kier alpha value is -4.77. The molecule has 2 amide bonds. The van der Waals surface area contributed by atoms with Gasteiger partial charge in [-0.2, -0.15) is 0 Å². The molecule has 11 heteroatoms. The summed E-state index contributed by atoms with van der Waals surface area (Å²) in [5, 5.41) is 2.97. The van der Waals surface area contributed by atoms with Crippen molar-refractivity contribution in [1.29, 1.82) is 0 Å². The molecule has 4 aromatic carbocycles. The van der Waals surface area contributed by atoms with Crippen LogP contribution in [-0.2, 0) is 32.6 Å². The van der Waals surface area contributed by atoms with Crippen LogP contribution in [0.15, 0.2) is 108 Å². The Morgan fingerprint density at radius 1 is 0.804 bits per heavy atom. The zero-order valence-corrected chi connectivity index (χ0v) is 26.3. The van der Waals surface area contributed by atoms with Crippen LogP contribution in [0, 0.1) is 11.6 Å². The molecule has 242 valence electrons. The first kappa shape index (κ1) is 34.1. The summed E-state index contributed by atoms with van der Waals surface area (Å²) in [6, 6.07) is 24.6. The van der Waals surface area contributed by atoms with Gasteiger partial charge in [-0.3, -0.25) is 14.3 Å². The van der Waals surface area contributed by atoms with Crippen LogP contribution in [0.3, 0.4) is 0 Å². The minimum atomic E-state index is -3.96. The fourth-order valence-corrected chi connectivity index (χ4v) is 5.78. The second kappa shape index (κ2) is 16.5. The van der Waals surface area contributed by atoms with Gasteiger partial charge in [-0.05, 0) is 78.2 Å². The summed E-state index contributed by atoms with van der Waals surface area (Å²) in [4.78, 5) is 28.7. The highest BCUT2D eigenvalue weighted by Gasteiger charge is 2.30. The van der Waals surface area contributed by atoms with E-state index in [9.17, 15) is 26.8 Å². The summed E-state index contributed by atoms with van der Waals surface area (Å²) in [6.45, 7) is 2.14. The first-order chi connectivity index (χ1) is 22.1. The largest absolute Gasteiger partial charge is 0.484 e. The average Bonchev–Trinajstić information content (AvgIpc) is 3.06. The van der Waals surface area contributed by atoms with Gasteiger partial charge < -0.3 is 15.0 Å². The number of carbonyl (C=O) groups is 2. The van der Waals surface area contributed by atoms with E-state index in [1.54, 1.807) is 12.1 Å². The van der Waals surface area contributed by atoms with Crippen molar-refractivity contribution in [3.63, 3.8) is 0 Å². The van der Waals surface area contributed by atoms with Crippen molar-refractivity contribution in [2.75, 3.05) is 17.9 Å². The second-order valence-corrected chi connectivity index (χ2v) is 12.4. The maximum Gasteiger partial charge on any atom is 0.261 e. The number of nitrogens with zero attached hydrogens (tertiary/aromatic N) is 1. The second-order valence-electron chi connectivity index (χ2n) is 10.7. The molecule has 0 aromatic heterocycles. The highest BCUT2D eigenvalue weighted by atomic mass is 32.2. The maximum atomic E-state index is 13.8. The molecule has 8 nitrogen and oxygen atoms in total. The molecular formula is C35H37F2N3O5S. The van der Waals surface area contributed by atoms with Gasteiger partial charge >= 0.3 is 0 Å². The number of halogens is 2. The Bertz CT molecular complexity index is 1670. The molecule has 1 atom stereocenters. The predicted molar refractivity (Wildman–Crippen MR) is 173 cm³/mol. The Morgan fingerprint density at radius 3 is 2.07 bits per heavy atom. The smallest absolute Gasteiger partial charge is 0.261 e. The summed E-state index contributed by atoms with van der Waals surface area (Å²) in [6.07, 6.45) is 3.01. The number of nitrogens with one attached hydrogen (secondary N) is 2. The van der Waals surface area contributed by atoms with Crippen LogP contribution in [0.4, 0.5) is 14.5 Å². The molecule has 0 saturated heterocycles. The van der Waals surface area contributed by atoms with Crippen LogP contribution in [0.2, 0.25) is 0 Å². The van der Waals surface area contributed by atoms with Crippen molar-refractivity contribution < 1.29 is 31.5 Å². The Labute approximate surface area is 268 Å². The zero-order valence-electron chi connectivity index (χ0n) is 25.5. The van der Waals surface area contributed by atoms with Gasteiger partial charge in [0.2, 0.25) is 5.91 Å². The van der Waals surface area contributed by atoms with Crippen molar-refractivity contribution in [3.05, 3.63) is 126 Å². The minimum Gasteiger partial charge on any atom is -0.484 e. The summed E-state index contributed by atoms with van der Waals surface area (Å²) in [7, 11) is -3.96. The number of ether oxygens (including phenoxy) is 1. The van der Waals surface area contributed by atoms with Gasteiger partial charge in [0.1, 0.15) is 23.4 Å². The number of hydrogen-bond acceptors (Lipinski definition) is 5. The zero-order chi connectivity index (χ0) is 32.9. The highest BCUT2D eigenvalue weighted by molar-refractivity contribution is 7.92. The quantitative estimate of drug-likeness (QED) is 0.143. The molecule has 0 radical (unpaired) electrons. The van der Waals surface area contributed by atoms with Gasteiger partial charge in [-0.25, -0.2) is 17.2 Å². The molecule has 0 heterocycles. The number of anilines is 1. The van der Waals surface area contributed by atoms with Gasteiger partial charge in [0.15, 0.2) is 6.61 Å². The van der Waals surface area contributed by atoms with E-state index in [-0.39, 0.29) is 35.2 Å². The summed E-state index contributed by atoms with van der Waals surface area (Å²) >= 11 is 0. The Morgan fingerprint density at radius 2 is 1.43 bits per heavy atom. The van der Waals surface area contributed by atoms with Crippen LogP contribution in [-0.4, -0.2) is 44.3 Å². The van der Waals surface area contributed by atoms with Crippen molar-refractivity contribution in [1.82, 2.24) is 10.2 Å². The standard InChI is InChI=1S/C35H37F2N3O5S/c1-2-3-7-22-38-35(42)33(23-26-8-5-4-6-9-26)40(24-27-10-12-28(36)13-11-27)34(41)25-45-31-18-20-32(21-19-31)46(43,44)39-30-16-14-29(37)15-17-30/h4-6,8-21,33,39H,2-3,7,22-25H2,1H3,(H,38,42). The van der Waals surface area contributed by atoms with E-state index in [0.717, 1.165) is 37.0 Å². The molecule has 1 unspecified atom stereocenters. The van der Waals surface area contributed by atoms with E-state index in [2.05, 4.69) is 17.0 Å². The van der Waals surface area contributed by atoms with E-state index in [1.807, 2.05) is 30.3 Å². The maximum absolute atomic E-state index is 13.8. The first-order valence-corrected chi connectivity index (χ1v) is 16.5. The number of hydrogen-bond donors (Lipinski definition) is 2. The van der Waals surface area contributed by atoms with Crippen LogP contribution < -0.4 is 14.8 Å². The molecule has 4 rings (SSSR count). The van der Waals surface area contributed by atoms with Crippen molar-refractivity contribution in [3.8, 4) is 5.75 Å². The molecule has 4 aromatic rings. The van der Waals surface area contributed by atoms with Gasteiger partial charge in [0.05, 0.1) is 4.90 Å². The topological polar surface area (TPSA) is 105 Å². The fourth-order valence-electron chi connectivity index (χ4n) is 4.72. The molecular weight excluding hydrogens is 612 g/mol. The highest BCUT2D eigenvalue weighted by Crippen LogP contribution is 2.21. The van der Waals surface area contributed by atoms with Crippen molar-refractivity contribution in [2.24, 2.45) is 0 Å². The van der Waals surface area contributed by atoms with Crippen molar-refractivity contribution in [2.45, 2.75) is 50.1 Å². The lowest BCUT2D eigenvalue weighted by molar-refractivity contribution is -0.142. The molecule has 0 bridgehead atoms. The number of rotatable bonds is 16. The number of amides is 2. The summed E-state index contributed by atoms with van der Waals surface area (Å²) in [5.74, 6) is -1.46. The molecule has 2 N–H and O–H groups in total. The molecule has 0 aliphatic carbocycles. The Balaban J connectivity index is 1.52. The molecule has 0 fully saturated rings. The third kappa shape index (κ3) is 10.1. The molecule has 0 aliphatic heterocycles. The molecule has 0 saturated carbocycles. The third-order valence-electron chi connectivity index (χ3n) is 7.21. The van der Waals surface area contributed by atoms with Crippen LogP contribution in [0.5, 0.6) is 5.75 Å². The van der Waals surface area contributed by atoms with E-state index in [1.165, 1.54) is 53.4 Å². The molecule has 46 heavy (non-hydrogen) atoms. The summed E-state index contributed by atoms with van der Waals surface area (Å²) in [5.41, 5.74) is 1.70. The van der Waals surface area contributed by atoms with Gasteiger partial charge in [0.25, 0.3) is 15.9 Å². The number of benzene rings is 4. The summed E-state index contributed by atoms with van der Waals surface area (Å²) < 4.78 is 60.6. The van der Waals surface area contributed by atoms with Gasteiger partial charge in [0, 0.05) is 25.2 Å². The van der Waals surface area contributed by atoms with Gasteiger partial charge in [-0.1, -0.05) is 62.2 Å². The van der Waals surface area contributed by atoms with Crippen LogP contribution in [0.1, 0.15) is 37.3 Å². The predicted octanol–water partition coefficient (Wildman–Crippen LogP) is 6.09. The lowest BCUT2D eigenvalue weighted by atomic mass is 10.0. The number of unbranched alkanes of at least 4 members (excludes halogenated alkanes) is 2. The van der Waals surface area contributed by atoms with E-state index < -0.39 is 40.2 Å². The van der Waals surface area contributed by atoms with E-state index in [0.29, 0.717) is 12.1 Å². The SMILES string of the molecule is CCCCCNC(=O)C(Cc1ccccc1)N(Cc1ccc(F)cc1)C(=O)COc1ccc(S(=O)(=O)Nc2ccc(F)cc2)cc1. The van der Waals surface area contributed by atoms with Crippen LogP contribution >= 0.6 is 0 Å². The number of sulfonamides is 1. The lowest BCUT2D eigenvalue weighted by Crippen LogP contribution is -2.51. The van der Waals surface area contributed by atoms with Crippen LogP contribution in [0.25, 0.3) is 0 Å². The van der Waals surface area contributed by atoms with Crippen molar-refractivity contribution >= 4 is 27.5 Å². The minimum absolute atomic E-state index is 0.0363. The van der Waals surface area contributed by atoms with E-state index in [4.69, 9.17) is 4.74 Å². The first-order valence-electron chi connectivity index (χ1n) is 15.0. The van der Waals surface area contributed by atoms with Gasteiger partial charge in [-0.15, -0.1) is 0 Å². The lowest BCUT2D eigenvalue weighted by Gasteiger charge is -2.31. The molecule has 0 spiro atoms. The average molecular weight is 650 g/mol. The monoisotopic (exact) mass is 649 g/mol. The Kier molecular flexibility index (Phi) is 12.2. The molecule has 0 aliphatic rings.